The summed E-state index contributed by atoms with van der Waals surface area (Å²) in [6, 6.07) is 9.09. The molecule has 0 saturated carbocycles. The van der Waals surface area contributed by atoms with Gasteiger partial charge in [-0.3, -0.25) is 0 Å². The molecule has 0 aliphatic carbocycles. The van der Waals surface area contributed by atoms with Crippen LogP contribution in [0.25, 0.3) is 0 Å². The van der Waals surface area contributed by atoms with Gasteiger partial charge in [-0.2, -0.15) is 0 Å². The summed E-state index contributed by atoms with van der Waals surface area (Å²) >= 11 is 0. The molecule has 26 heavy (non-hydrogen) atoms. The zero-order chi connectivity index (χ0) is 18.7. The number of methoxy groups -OCH3 is 1. The Morgan fingerprint density at radius 2 is 1.88 bits per heavy atom. The summed E-state index contributed by atoms with van der Waals surface area (Å²) < 4.78 is 11.3. The van der Waals surface area contributed by atoms with Crippen LogP contribution in [-0.2, 0) is 6.42 Å². The van der Waals surface area contributed by atoms with E-state index in [2.05, 4.69) is 10.2 Å². The van der Waals surface area contributed by atoms with E-state index in [1.807, 2.05) is 32.3 Å². The first kappa shape index (κ1) is 18.4. The predicted molar refractivity (Wildman–Crippen MR) is 100 cm³/mol. The van der Waals surface area contributed by atoms with Gasteiger partial charge in [0.15, 0.2) is 23.0 Å². The van der Waals surface area contributed by atoms with Crippen LogP contribution in [-0.4, -0.2) is 56.0 Å². The maximum atomic E-state index is 9.90. The number of ether oxygens (including phenoxy) is 2. The second-order valence-corrected chi connectivity index (χ2v) is 6.74. The Kier molecular flexibility index (Phi) is 5.54. The molecule has 140 valence electrons. The van der Waals surface area contributed by atoms with Gasteiger partial charge in [-0.1, -0.05) is 6.07 Å². The molecule has 3 rings (SSSR count). The zero-order valence-electron chi connectivity index (χ0n) is 15.5. The van der Waals surface area contributed by atoms with Gasteiger partial charge in [-0.15, -0.1) is 0 Å². The number of fused-ring (bicyclic) bond motifs is 1. The average Bonchev–Trinajstić information content (AvgIpc) is 2.62. The molecule has 2 aromatic rings. The standard InChI is InChI=1S/C20H26N2O4/c1-22(2)8-9-26-18-5-4-14(11-19(18)25-3)20-15-12-17(24)16(23)10-13(15)6-7-21-20/h4-5,10-12,20-21,23-24H,6-9H2,1-3H3. The molecule has 6 heteroatoms. The number of phenols is 2. The molecule has 1 unspecified atom stereocenters. The lowest BCUT2D eigenvalue weighted by Gasteiger charge is -2.28. The van der Waals surface area contributed by atoms with Crippen LogP contribution in [0.5, 0.6) is 23.0 Å². The molecule has 1 atom stereocenters. The van der Waals surface area contributed by atoms with Gasteiger partial charge < -0.3 is 29.9 Å². The summed E-state index contributed by atoms with van der Waals surface area (Å²) in [6.45, 7) is 2.21. The lowest BCUT2D eigenvalue weighted by molar-refractivity contribution is 0.250. The lowest BCUT2D eigenvalue weighted by atomic mass is 9.89. The number of benzene rings is 2. The molecule has 1 heterocycles. The van der Waals surface area contributed by atoms with Crippen molar-refractivity contribution in [1.82, 2.24) is 10.2 Å². The Bertz CT molecular complexity index is 777. The van der Waals surface area contributed by atoms with Crippen molar-refractivity contribution >= 4 is 0 Å². The number of likely N-dealkylation sites (N-methyl/N-ethyl adjacent to an activating group) is 1. The van der Waals surface area contributed by atoms with E-state index in [1.54, 1.807) is 19.2 Å². The third-order valence-electron chi connectivity index (χ3n) is 4.61. The monoisotopic (exact) mass is 358 g/mol. The van der Waals surface area contributed by atoms with Crippen molar-refractivity contribution in [2.75, 3.05) is 40.9 Å². The lowest BCUT2D eigenvalue weighted by Crippen LogP contribution is -2.30. The molecule has 3 N–H and O–H groups in total. The van der Waals surface area contributed by atoms with Crippen molar-refractivity contribution in [2.45, 2.75) is 12.5 Å². The molecular formula is C20H26N2O4. The average molecular weight is 358 g/mol. The third kappa shape index (κ3) is 3.86. The van der Waals surface area contributed by atoms with E-state index in [0.717, 1.165) is 36.2 Å². The molecule has 0 bridgehead atoms. The maximum Gasteiger partial charge on any atom is 0.161 e. The van der Waals surface area contributed by atoms with Gasteiger partial charge in [0.2, 0.25) is 0 Å². The van der Waals surface area contributed by atoms with Crippen LogP contribution in [0.15, 0.2) is 30.3 Å². The third-order valence-corrected chi connectivity index (χ3v) is 4.61. The SMILES string of the molecule is COc1cc(C2NCCc3cc(O)c(O)cc32)ccc1OCCN(C)C. The van der Waals surface area contributed by atoms with Crippen molar-refractivity contribution in [3.63, 3.8) is 0 Å². The molecule has 0 amide bonds. The highest BCUT2D eigenvalue weighted by Gasteiger charge is 2.24. The molecule has 2 aromatic carbocycles. The Balaban J connectivity index is 1.88. The quantitative estimate of drug-likeness (QED) is 0.688. The first-order valence-corrected chi connectivity index (χ1v) is 8.73. The van der Waals surface area contributed by atoms with Gasteiger partial charge in [0, 0.05) is 13.1 Å². The molecule has 0 saturated heterocycles. The molecule has 1 aliphatic rings. The van der Waals surface area contributed by atoms with Gasteiger partial charge >= 0.3 is 0 Å². The topological polar surface area (TPSA) is 74.2 Å². The Morgan fingerprint density at radius 3 is 2.62 bits per heavy atom. The molecular weight excluding hydrogens is 332 g/mol. The summed E-state index contributed by atoms with van der Waals surface area (Å²) in [4.78, 5) is 2.06. The summed E-state index contributed by atoms with van der Waals surface area (Å²) in [7, 11) is 5.64. The van der Waals surface area contributed by atoms with Crippen LogP contribution in [0.3, 0.4) is 0 Å². The van der Waals surface area contributed by atoms with Gasteiger partial charge in [-0.25, -0.2) is 0 Å². The highest BCUT2D eigenvalue weighted by atomic mass is 16.5. The van der Waals surface area contributed by atoms with Crippen LogP contribution in [0.4, 0.5) is 0 Å². The van der Waals surface area contributed by atoms with Crippen molar-refractivity contribution in [3.8, 4) is 23.0 Å². The van der Waals surface area contributed by atoms with Gasteiger partial charge in [0.25, 0.3) is 0 Å². The molecule has 1 aliphatic heterocycles. The number of aromatic hydroxyl groups is 2. The molecule has 0 spiro atoms. The molecule has 6 nitrogen and oxygen atoms in total. The van der Waals surface area contributed by atoms with E-state index in [9.17, 15) is 10.2 Å². The first-order chi connectivity index (χ1) is 12.5. The van der Waals surface area contributed by atoms with Crippen LogP contribution in [0.2, 0.25) is 0 Å². The summed E-state index contributed by atoms with van der Waals surface area (Å²) in [5.41, 5.74) is 3.03. The fourth-order valence-electron chi connectivity index (χ4n) is 3.20. The highest BCUT2D eigenvalue weighted by Crippen LogP contribution is 2.38. The van der Waals surface area contributed by atoms with E-state index in [-0.39, 0.29) is 17.5 Å². The largest absolute Gasteiger partial charge is 0.504 e. The molecule has 0 radical (unpaired) electrons. The van der Waals surface area contributed by atoms with Gasteiger partial charge in [0.1, 0.15) is 6.61 Å². The summed E-state index contributed by atoms with van der Waals surface area (Å²) in [5, 5.41) is 23.1. The van der Waals surface area contributed by atoms with Crippen molar-refractivity contribution in [3.05, 3.63) is 47.0 Å². The van der Waals surface area contributed by atoms with E-state index in [0.29, 0.717) is 18.1 Å². The number of nitrogens with zero attached hydrogens (tertiary/aromatic N) is 1. The number of hydrogen-bond donors (Lipinski definition) is 3. The fraction of sp³-hybridized carbons (Fsp3) is 0.400. The second-order valence-electron chi connectivity index (χ2n) is 6.74. The summed E-state index contributed by atoms with van der Waals surface area (Å²) in [5.74, 6) is 1.21. The van der Waals surface area contributed by atoms with E-state index < -0.39 is 0 Å². The number of hydrogen-bond acceptors (Lipinski definition) is 6. The van der Waals surface area contributed by atoms with E-state index in [4.69, 9.17) is 9.47 Å². The smallest absolute Gasteiger partial charge is 0.161 e. The first-order valence-electron chi connectivity index (χ1n) is 8.73. The fourth-order valence-corrected chi connectivity index (χ4v) is 3.20. The van der Waals surface area contributed by atoms with Crippen LogP contribution in [0.1, 0.15) is 22.7 Å². The normalized spacial score (nSPS) is 16.4. The minimum atomic E-state index is -0.104. The van der Waals surface area contributed by atoms with Crippen LogP contribution in [0, 0.1) is 0 Å². The Hall–Kier alpha value is -2.44. The predicted octanol–water partition coefficient (Wildman–Crippen LogP) is 2.28. The summed E-state index contributed by atoms with van der Waals surface area (Å²) in [6.07, 6.45) is 0.808. The van der Waals surface area contributed by atoms with Crippen molar-refractivity contribution in [1.29, 1.82) is 0 Å². The van der Waals surface area contributed by atoms with Crippen LogP contribution >= 0.6 is 0 Å². The molecule has 0 fully saturated rings. The maximum absolute atomic E-state index is 9.90. The highest BCUT2D eigenvalue weighted by molar-refractivity contribution is 5.52. The number of rotatable bonds is 6. The van der Waals surface area contributed by atoms with E-state index in [1.165, 1.54) is 0 Å². The van der Waals surface area contributed by atoms with Gasteiger partial charge in [-0.05, 0) is 61.5 Å². The minimum Gasteiger partial charge on any atom is -0.504 e. The zero-order valence-corrected chi connectivity index (χ0v) is 15.5. The van der Waals surface area contributed by atoms with Crippen LogP contribution < -0.4 is 14.8 Å². The van der Waals surface area contributed by atoms with Gasteiger partial charge in [0.05, 0.1) is 13.2 Å². The van der Waals surface area contributed by atoms with Crippen molar-refractivity contribution < 1.29 is 19.7 Å². The number of phenolic OH excluding ortho intramolecular Hbond substituents is 2. The Morgan fingerprint density at radius 1 is 1.12 bits per heavy atom. The number of nitrogens with one attached hydrogen (secondary N) is 1. The second kappa shape index (κ2) is 7.85. The van der Waals surface area contributed by atoms with E-state index >= 15 is 0 Å². The Labute approximate surface area is 154 Å². The van der Waals surface area contributed by atoms with Crippen molar-refractivity contribution in [2.24, 2.45) is 0 Å². The molecule has 0 aromatic heterocycles. The minimum absolute atomic E-state index is 0.0741.